The number of nitrogens with zero attached hydrogens (tertiary/aromatic N) is 2. The van der Waals surface area contributed by atoms with Gasteiger partial charge in [0.05, 0.1) is 11.7 Å². The number of nitrogens with one attached hydrogen (secondary N) is 1. The number of thiophene rings is 1. The van der Waals surface area contributed by atoms with Crippen LogP contribution in [0, 0.1) is 19.7 Å². The van der Waals surface area contributed by atoms with Crippen molar-refractivity contribution >= 4 is 33.1 Å². The van der Waals surface area contributed by atoms with Gasteiger partial charge in [-0.05, 0) is 55.7 Å². The summed E-state index contributed by atoms with van der Waals surface area (Å²) in [6, 6.07) is 11.0. The zero-order valence-electron chi connectivity index (χ0n) is 16.8. The number of benzene rings is 2. The summed E-state index contributed by atoms with van der Waals surface area (Å²) in [5, 5.41) is 5.17. The smallest absolute Gasteiger partial charge is 0.263 e. The van der Waals surface area contributed by atoms with E-state index >= 15 is 0 Å². The van der Waals surface area contributed by atoms with Crippen LogP contribution in [0.5, 0.6) is 0 Å². The molecule has 0 aliphatic rings. The molecule has 0 aliphatic heterocycles. The standard InChI is InChI=1S/C23H20FN3O2S/c1-13-4-5-14(2)19(10-13)26-21(28)15(3)27-12-25-22-20(23(27)29)18(11-30-22)16-6-8-17(24)9-7-16/h4-12,15H,1-3H3,(H,26,28). The number of anilines is 1. The molecule has 4 rings (SSSR count). The van der Waals surface area contributed by atoms with E-state index < -0.39 is 6.04 Å². The zero-order chi connectivity index (χ0) is 21.4. The van der Waals surface area contributed by atoms with Gasteiger partial charge in [-0.2, -0.15) is 0 Å². The lowest BCUT2D eigenvalue weighted by atomic mass is 10.1. The number of carbonyl (C=O) groups excluding carboxylic acids is 1. The van der Waals surface area contributed by atoms with Crippen LogP contribution in [0.2, 0.25) is 0 Å². The highest BCUT2D eigenvalue weighted by Gasteiger charge is 2.21. The van der Waals surface area contributed by atoms with Crippen molar-refractivity contribution in [1.82, 2.24) is 9.55 Å². The summed E-state index contributed by atoms with van der Waals surface area (Å²) in [5.74, 6) is -0.643. The summed E-state index contributed by atoms with van der Waals surface area (Å²) >= 11 is 1.34. The highest BCUT2D eigenvalue weighted by Crippen LogP contribution is 2.31. The van der Waals surface area contributed by atoms with Gasteiger partial charge >= 0.3 is 0 Å². The summed E-state index contributed by atoms with van der Waals surface area (Å²) in [5.41, 5.74) is 3.81. The number of aromatic nitrogens is 2. The third-order valence-corrected chi connectivity index (χ3v) is 6.01. The van der Waals surface area contributed by atoms with Crippen molar-refractivity contribution in [1.29, 1.82) is 0 Å². The van der Waals surface area contributed by atoms with Crippen LogP contribution >= 0.6 is 11.3 Å². The second-order valence-electron chi connectivity index (χ2n) is 7.28. The molecule has 0 radical (unpaired) electrons. The first kappa shape index (κ1) is 20.0. The van der Waals surface area contributed by atoms with E-state index in [4.69, 9.17) is 0 Å². The molecular weight excluding hydrogens is 401 g/mol. The van der Waals surface area contributed by atoms with Gasteiger partial charge in [-0.1, -0.05) is 24.3 Å². The molecule has 0 saturated heterocycles. The second kappa shape index (κ2) is 7.84. The normalized spacial score (nSPS) is 12.1. The van der Waals surface area contributed by atoms with Crippen LogP contribution in [0.25, 0.3) is 21.3 Å². The Bertz CT molecular complexity index is 1310. The van der Waals surface area contributed by atoms with Crippen LogP contribution < -0.4 is 10.9 Å². The topological polar surface area (TPSA) is 64.0 Å². The van der Waals surface area contributed by atoms with Gasteiger partial charge < -0.3 is 5.32 Å². The molecule has 1 amide bonds. The summed E-state index contributed by atoms with van der Waals surface area (Å²) in [4.78, 5) is 31.1. The lowest BCUT2D eigenvalue weighted by Gasteiger charge is -2.16. The molecule has 0 spiro atoms. The third-order valence-electron chi connectivity index (χ3n) is 5.12. The first-order chi connectivity index (χ1) is 14.3. The largest absolute Gasteiger partial charge is 0.324 e. The lowest BCUT2D eigenvalue weighted by Crippen LogP contribution is -2.31. The van der Waals surface area contributed by atoms with Gasteiger partial charge in [-0.15, -0.1) is 11.3 Å². The van der Waals surface area contributed by atoms with Crippen molar-refractivity contribution in [2.75, 3.05) is 5.32 Å². The molecule has 152 valence electrons. The van der Waals surface area contributed by atoms with E-state index in [0.29, 0.717) is 15.8 Å². The van der Waals surface area contributed by atoms with Gasteiger partial charge in [0.2, 0.25) is 5.91 Å². The van der Waals surface area contributed by atoms with E-state index in [1.54, 1.807) is 19.1 Å². The molecular formula is C23H20FN3O2S. The van der Waals surface area contributed by atoms with E-state index in [1.807, 2.05) is 37.4 Å². The Kier molecular flexibility index (Phi) is 5.22. The molecule has 30 heavy (non-hydrogen) atoms. The summed E-state index contributed by atoms with van der Waals surface area (Å²) < 4.78 is 14.6. The van der Waals surface area contributed by atoms with E-state index in [0.717, 1.165) is 22.4 Å². The lowest BCUT2D eigenvalue weighted by molar-refractivity contribution is -0.118. The SMILES string of the molecule is Cc1ccc(C)c(NC(=O)C(C)n2cnc3scc(-c4ccc(F)cc4)c3c2=O)c1. The van der Waals surface area contributed by atoms with Gasteiger partial charge in [-0.25, -0.2) is 9.37 Å². The average molecular weight is 421 g/mol. The molecule has 0 fully saturated rings. The van der Waals surface area contributed by atoms with E-state index in [2.05, 4.69) is 10.3 Å². The molecule has 1 atom stereocenters. The Balaban J connectivity index is 1.72. The number of rotatable bonds is 4. The van der Waals surface area contributed by atoms with Gasteiger partial charge in [0, 0.05) is 16.6 Å². The molecule has 4 aromatic rings. The highest BCUT2D eigenvalue weighted by molar-refractivity contribution is 7.17. The first-order valence-corrected chi connectivity index (χ1v) is 10.4. The molecule has 2 heterocycles. The molecule has 2 aromatic heterocycles. The Morgan fingerprint density at radius 2 is 1.90 bits per heavy atom. The predicted octanol–water partition coefficient (Wildman–Crippen LogP) is 5.08. The number of amides is 1. The number of carbonyl (C=O) groups is 1. The van der Waals surface area contributed by atoms with Crippen molar-refractivity contribution in [2.45, 2.75) is 26.8 Å². The Hall–Kier alpha value is -3.32. The van der Waals surface area contributed by atoms with Gasteiger partial charge in [0.15, 0.2) is 0 Å². The van der Waals surface area contributed by atoms with Gasteiger partial charge in [-0.3, -0.25) is 14.2 Å². The van der Waals surface area contributed by atoms with Crippen molar-refractivity contribution in [3.63, 3.8) is 0 Å². The van der Waals surface area contributed by atoms with Gasteiger partial charge in [0.1, 0.15) is 16.7 Å². The number of aryl methyl sites for hydroxylation is 2. The van der Waals surface area contributed by atoms with E-state index in [-0.39, 0.29) is 17.3 Å². The maximum absolute atomic E-state index is 13.3. The summed E-state index contributed by atoms with van der Waals surface area (Å²) in [6.45, 7) is 5.54. The number of halogens is 1. The Morgan fingerprint density at radius 3 is 2.63 bits per heavy atom. The monoisotopic (exact) mass is 421 g/mol. The number of hydrogen-bond donors (Lipinski definition) is 1. The predicted molar refractivity (Wildman–Crippen MR) is 119 cm³/mol. The highest BCUT2D eigenvalue weighted by atomic mass is 32.1. The van der Waals surface area contributed by atoms with Crippen LogP contribution in [-0.2, 0) is 4.79 Å². The van der Waals surface area contributed by atoms with Crippen LogP contribution in [-0.4, -0.2) is 15.5 Å². The maximum atomic E-state index is 13.3. The van der Waals surface area contributed by atoms with Crippen LogP contribution in [0.3, 0.4) is 0 Å². The fourth-order valence-electron chi connectivity index (χ4n) is 3.30. The van der Waals surface area contributed by atoms with E-state index in [1.165, 1.54) is 34.4 Å². The van der Waals surface area contributed by atoms with E-state index in [9.17, 15) is 14.0 Å². The van der Waals surface area contributed by atoms with Crippen molar-refractivity contribution < 1.29 is 9.18 Å². The minimum absolute atomic E-state index is 0.300. The molecule has 0 aliphatic carbocycles. The fourth-order valence-corrected chi connectivity index (χ4v) is 4.20. The van der Waals surface area contributed by atoms with Crippen molar-refractivity contribution in [3.8, 4) is 11.1 Å². The third kappa shape index (κ3) is 3.64. The molecule has 7 heteroatoms. The molecule has 0 saturated carbocycles. The van der Waals surface area contributed by atoms with Gasteiger partial charge in [0.25, 0.3) is 5.56 Å². The zero-order valence-corrected chi connectivity index (χ0v) is 17.6. The Morgan fingerprint density at radius 1 is 1.17 bits per heavy atom. The van der Waals surface area contributed by atoms with Crippen LogP contribution in [0.15, 0.2) is 59.0 Å². The van der Waals surface area contributed by atoms with Crippen LogP contribution in [0.1, 0.15) is 24.1 Å². The van der Waals surface area contributed by atoms with Crippen LogP contribution in [0.4, 0.5) is 10.1 Å². The average Bonchev–Trinajstić information content (AvgIpc) is 3.16. The minimum Gasteiger partial charge on any atom is -0.324 e. The summed E-state index contributed by atoms with van der Waals surface area (Å²) in [7, 11) is 0. The van der Waals surface area contributed by atoms with Crippen molar-refractivity contribution in [3.05, 3.63) is 81.5 Å². The number of hydrogen-bond acceptors (Lipinski definition) is 4. The van der Waals surface area contributed by atoms with Crippen molar-refractivity contribution in [2.24, 2.45) is 0 Å². The quantitative estimate of drug-likeness (QED) is 0.500. The first-order valence-electron chi connectivity index (χ1n) is 9.47. The fraction of sp³-hybridized carbons (Fsp3) is 0.174. The second-order valence-corrected chi connectivity index (χ2v) is 8.14. The molecule has 0 bridgehead atoms. The Labute approximate surface area is 176 Å². The molecule has 1 N–H and O–H groups in total. The summed E-state index contributed by atoms with van der Waals surface area (Å²) in [6.07, 6.45) is 1.41. The molecule has 2 aromatic carbocycles. The minimum atomic E-state index is -0.754. The molecule has 5 nitrogen and oxygen atoms in total. The maximum Gasteiger partial charge on any atom is 0.263 e. The number of fused-ring (bicyclic) bond motifs is 1. The molecule has 1 unspecified atom stereocenters.